The Balaban J connectivity index is 0.000000149. The third-order valence-corrected chi connectivity index (χ3v) is 19.3. The van der Waals surface area contributed by atoms with Gasteiger partial charge in [0.2, 0.25) is 5.91 Å². The number of amides is 2. The fourth-order valence-electron chi connectivity index (χ4n) is 9.95. The van der Waals surface area contributed by atoms with Crippen LogP contribution in [0.4, 0.5) is 0 Å². The van der Waals surface area contributed by atoms with Crippen molar-refractivity contribution < 1.29 is 54.1 Å². The number of methoxy groups -OCH3 is 2. The number of hydrogen-bond donors (Lipinski definition) is 6. The molecule has 6 N–H and O–H groups in total. The molecule has 456 valence electrons. The minimum Gasteiger partial charge on any atom is -0.507 e. The molecule has 4 heterocycles. The van der Waals surface area contributed by atoms with Crippen LogP contribution in [-0.4, -0.2) is 89.6 Å². The lowest BCUT2D eigenvalue weighted by Gasteiger charge is -2.22. The van der Waals surface area contributed by atoms with E-state index in [9.17, 15) is 35.1 Å². The number of carbonyl (C=O) groups excluding carboxylic acids is 2. The maximum absolute atomic E-state index is 12.5. The van der Waals surface area contributed by atoms with Crippen LogP contribution < -0.4 is 24.4 Å². The molecular formula is C65H54Br5N7O11S. The fourth-order valence-corrected chi connectivity index (χ4v) is 13.7. The van der Waals surface area contributed by atoms with Crippen LogP contribution >= 0.6 is 91.4 Å². The summed E-state index contributed by atoms with van der Waals surface area (Å²) in [5.41, 5.74) is 10.4. The maximum atomic E-state index is 12.5. The van der Waals surface area contributed by atoms with E-state index in [0.717, 1.165) is 68.6 Å². The van der Waals surface area contributed by atoms with E-state index in [0.29, 0.717) is 68.9 Å². The number of hydrogen-bond acceptors (Lipinski definition) is 17. The summed E-state index contributed by atoms with van der Waals surface area (Å²) in [6, 6.07) is 46.9. The topological polar surface area (TPSA) is 240 Å². The number of ether oxygens (including phenoxy) is 4. The largest absolute Gasteiger partial charge is 0.507 e. The number of thioether (sulfide) groups is 1. The van der Waals surface area contributed by atoms with Crippen molar-refractivity contribution in [3.05, 3.63) is 213 Å². The van der Waals surface area contributed by atoms with Crippen LogP contribution in [0.2, 0.25) is 0 Å². The second kappa shape index (κ2) is 28.7. The number of phenolic OH excluding ortho intramolecular Hbond substituents is 5. The summed E-state index contributed by atoms with van der Waals surface area (Å²) in [6.45, 7) is 1.74. The SMILES string of the molecule is CCC(=O)N1N=C(c2ccc(Oc3cccc(Br)c3)cc2)CC1c1cc(O)c(O)c(O)c1.COc1c(Br)c(Br)c(C2CC(c3ccccc3O)=NN2)c(Br)c1OC.O=C1CSC(N2N=C(c3ccc(Oc4ccccc4)cc3)CC2c2ccc(Br)c(O)c2)=N1. The van der Waals surface area contributed by atoms with Gasteiger partial charge in [0, 0.05) is 45.8 Å². The van der Waals surface area contributed by atoms with Crippen molar-refractivity contribution >= 4 is 126 Å². The van der Waals surface area contributed by atoms with E-state index in [1.807, 2.05) is 127 Å². The van der Waals surface area contributed by atoms with Crippen LogP contribution in [-0.2, 0) is 9.59 Å². The molecule has 0 spiro atoms. The summed E-state index contributed by atoms with van der Waals surface area (Å²) in [7, 11) is 3.19. The molecule has 0 saturated heterocycles. The van der Waals surface area contributed by atoms with E-state index in [1.165, 1.54) is 28.9 Å². The molecule has 3 atom stereocenters. The lowest BCUT2D eigenvalue weighted by atomic mass is 9.97. The number of nitrogens with zero attached hydrogens (tertiary/aromatic N) is 6. The molecule has 24 heteroatoms. The van der Waals surface area contributed by atoms with Crippen LogP contribution in [0.3, 0.4) is 0 Å². The number of carbonyl (C=O) groups is 2. The number of rotatable bonds is 13. The Bertz CT molecular complexity index is 4080. The van der Waals surface area contributed by atoms with Gasteiger partial charge in [-0.15, -0.1) is 0 Å². The van der Waals surface area contributed by atoms with E-state index in [4.69, 9.17) is 24.0 Å². The quantitative estimate of drug-likeness (QED) is 0.0465. The Kier molecular flexibility index (Phi) is 20.7. The summed E-state index contributed by atoms with van der Waals surface area (Å²) in [5, 5.41) is 67.2. The predicted molar refractivity (Wildman–Crippen MR) is 360 cm³/mol. The van der Waals surface area contributed by atoms with Gasteiger partial charge in [0.15, 0.2) is 33.9 Å². The molecule has 89 heavy (non-hydrogen) atoms. The smallest absolute Gasteiger partial charge is 0.258 e. The summed E-state index contributed by atoms with van der Waals surface area (Å²) in [6.07, 6.45) is 1.88. The van der Waals surface area contributed by atoms with Crippen molar-refractivity contribution in [2.24, 2.45) is 20.3 Å². The first-order valence-electron chi connectivity index (χ1n) is 27.4. The van der Waals surface area contributed by atoms with Gasteiger partial charge in [-0.05, 0) is 201 Å². The van der Waals surface area contributed by atoms with Crippen LogP contribution in [0.1, 0.15) is 84.1 Å². The Morgan fingerprint density at radius 1 is 0.596 bits per heavy atom. The van der Waals surface area contributed by atoms with Gasteiger partial charge < -0.3 is 49.9 Å². The van der Waals surface area contributed by atoms with E-state index >= 15 is 0 Å². The first kappa shape index (κ1) is 64.1. The second-order valence-electron chi connectivity index (χ2n) is 20.1. The molecular weight excluding hydrogens is 1490 g/mol. The number of phenols is 5. The molecule has 4 aliphatic rings. The summed E-state index contributed by atoms with van der Waals surface area (Å²) in [5.74, 6) is 2.95. The summed E-state index contributed by atoms with van der Waals surface area (Å²) in [4.78, 5) is 28.4. The van der Waals surface area contributed by atoms with Crippen molar-refractivity contribution in [1.82, 2.24) is 15.4 Å². The highest BCUT2D eigenvalue weighted by atomic mass is 79.9. The molecule has 18 nitrogen and oxygen atoms in total. The lowest BCUT2D eigenvalue weighted by Crippen LogP contribution is -2.26. The standard InChI is InChI=1S/C24H18BrN3O3S.C24H21BrN2O5.C17H15Br3N2O3/c25-19-11-8-16(12-22(19)29)21-13-20(27-28(21)24-26-23(30)14-32-24)15-6-9-18(10-7-15)31-17-4-2-1-3-5-17;1-2-23(30)27-20(15-10-21(28)24(31)22(29)11-15)13-19(26-27)14-6-8-17(9-7-14)32-18-5-3-4-16(25)12-18;1-24-16-14(19)12(13(18)15(20)17(16)25-2)10-7-9(21-22-10)8-5-3-4-6-11(8)23/h1-12,21,29H,13-14H2;3-12,20,28-29,31H,2,13H2,1H3;3-6,10,22-23H,7H2,1-2H3. The van der Waals surface area contributed by atoms with Crippen molar-refractivity contribution in [2.45, 2.75) is 50.7 Å². The van der Waals surface area contributed by atoms with Gasteiger partial charge >= 0.3 is 0 Å². The van der Waals surface area contributed by atoms with Crippen LogP contribution in [0.5, 0.6) is 63.2 Å². The van der Waals surface area contributed by atoms with Gasteiger partial charge in [0.1, 0.15) is 34.5 Å². The van der Waals surface area contributed by atoms with Gasteiger partial charge in [-0.2, -0.15) is 20.3 Å². The summed E-state index contributed by atoms with van der Waals surface area (Å²) >= 11 is 18.9. The number of amidine groups is 1. The molecule has 0 bridgehead atoms. The van der Waals surface area contributed by atoms with Gasteiger partial charge in [0.05, 0.1) is 68.7 Å². The van der Waals surface area contributed by atoms with Gasteiger partial charge in [-0.25, -0.2) is 10.0 Å². The zero-order valence-electron chi connectivity index (χ0n) is 47.4. The number of para-hydroxylation sites is 2. The number of aliphatic imine (C=N–C) groups is 1. The third-order valence-electron chi connectivity index (χ3n) is 14.3. The zero-order chi connectivity index (χ0) is 63.0. The van der Waals surface area contributed by atoms with Gasteiger partial charge in [0.25, 0.3) is 5.91 Å². The number of nitrogens with one attached hydrogen (secondary N) is 1. The molecule has 0 fully saturated rings. The number of hydrazone groups is 3. The first-order valence-corrected chi connectivity index (χ1v) is 32.4. The van der Waals surface area contributed by atoms with Crippen molar-refractivity contribution in [3.8, 4) is 63.2 Å². The van der Waals surface area contributed by atoms with E-state index in [-0.39, 0.29) is 41.8 Å². The fraction of sp³-hybridized carbons (Fsp3) is 0.169. The molecule has 8 aromatic carbocycles. The number of halogens is 5. The molecule has 3 unspecified atom stereocenters. The summed E-state index contributed by atoms with van der Waals surface area (Å²) < 4.78 is 26.6. The van der Waals surface area contributed by atoms with Crippen LogP contribution in [0.25, 0.3) is 0 Å². The van der Waals surface area contributed by atoms with Crippen LogP contribution in [0.15, 0.2) is 200 Å². The van der Waals surface area contributed by atoms with Crippen molar-refractivity contribution in [3.63, 3.8) is 0 Å². The average Bonchev–Trinajstić information content (AvgIpc) is 2.66. The molecule has 0 aliphatic carbocycles. The number of benzene rings is 8. The molecule has 0 aromatic heterocycles. The molecule has 0 saturated carbocycles. The monoisotopic (exact) mass is 1530 g/mol. The molecule has 12 rings (SSSR count). The minimum absolute atomic E-state index is 0.0885. The molecule has 2 amide bonds. The zero-order valence-corrected chi connectivity index (χ0v) is 56.2. The number of aromatic hydroxyl groups is 5. The van der Waals surface area contributed by atoms with Gasteiger partial charge in [-0.3, -0.25) is 9.59 Å². The third kappa shape index (κ3) is 14.7. The Morgan fingerprint density at radius 3 is 1.79 bits per heavy atom. The maximum Gasteiger partial charge on any atom is 0.258 e. The highest BCUT2D eigenvalue weighted by molar-refractivity contribution is 9.13. The van der Waals surface area contributed by atoms with Crippen molar-refractivity contribution in [2.75, 3.05) is 20.0 Å². The van der Waals surface area contributed by atoms with E-state index in [1.54, 1.807) is 44.4 Å². The average molecular weight is 1540 g/mol. The van der Waals surface area contributed by atoms with Gasteiger partial charge in [-0.1, -0.05) is 77.1 Å². The minimum atomic E-state index is -0.595. The van der Waals surface area contributed by atoms with E-state index < -0.39 is 23.3 Å². The first-order chi connectivity index (χ1) is 42.9. The molecule has 0 radical (unpaired) electrons. The highest BCUT2D eigenvalue weighted by Gasteiger charge is 2.37. The Hall–Kier alpha value is -7.87. The lowest BCUT2D eigenvalue weighted by molar-refractivity contribution is -0.132. The molecule has 8 aromatic rings. The van der Waals surface area contributed by atoms with E-state index in [2.05, 4.69) is 100 Å². The normalized spacial score (nSPS) is 16.6. The Labute approximate surface area is 558 Å². The highest BCUT2D eigenvalue weighted by Crippen LogP contribution is 2.51. The van der Waals surface area contributed by atoms with Crippen LogP contribution in [0, 0.1) is 0 Å². The van der Waals surface area contributed by atoms with Crippen molar-refractivity contribution in [1.29, 1.82) is 0 Å². The predicted octanol–water partition coefficient (Wildman–Crippen LogP) is 16.3. The Morgan fingerprint density at radius 2 is 1.18 bits per heavy atom. The molecule has 4 aliphatic heterocycles. The second-order valence-corrected chi connectivity index (χ2v) is 25.2.